The molecule has 3 aliphatic heterocycles. The summed E-state index contributed by atoms with van der Waals surface area (Å²) in [4.78, 5) is 53.7. The number of rotatable bonds is 6. The van der Waals surface area contributed by atoms with Crippen LogP contribution in [0.3, 0.4) is 0 Å². The Kier molecular flexibility index (Phi) is 8.53. The number of imide groups is 1. The van der Waals surface area contributed by atoms with Gasteiger partial charge in [0.25, 0.3) is 11.6 Å². The minimum absolute atomic E-state index is 0.112. The molecule has 1 aliphatic carbocycles. The molecular formula is C32H39FN6O5. The fourth-order valence-electron chi connectivity index (χ4n) is 7.40. The number of nitrogens with one attached hydrogen (secondary N) is 2. The van der Waals surface area contributed by atoms with Gasteiger partial charge in [0.15, 0.2) is 0 Å². The van der Waals surface area contributed by atoms with Gasteiger partial charge in [-0.2, -0.15) is 0 Å². The Labute approximate surface area is 255 Å². The van der Waals surface area contributed by atoms with Gasteiger partial charge >= 0.3 is 0 Å². The average molecular weight is 607 g/mol. The number of amides is 3. The number of hydrogen-bond donors (Lipinski definition) is 2. The molecule has 44 heavy (non-hydrogen) atoms. The Bertz CT molecular complexity index is 1410. The molecule has 12 heteroatoms. The first-order chi connectivity index (χ1) is 21.2. The van der Waals surface area contributed by atoms with Crippen LogP contribution in [0, 0.1) is 21.3 Å². The molecule has 0 radical (unpaired) electrons. The lowest BCUT2D eigenvalue weighted by molar-refractivity contribution is -0.384. The number of nitro groups is 1. The average Bonchev–Trinajstić information content (AvgIpc) is 3.03. The molecule has 2 aromatic rings. The van der Waals surface area contributed by atoms with Crippen molar-refractivity contribution < 1.29 is 23.7 Å². The topological polar surface area (TPSA) is 128 Å². The van der Waals surface area contributed by atoms with E-state index < -0.39 is 23.7 Å². The molecular weight excluding hydrogens is 567 g/mol. The molecule has 11 nitrogen and oxygen atoms in total. The number of nitrogens with zero attached hydrogens (tertiary/aromatic N) is 4. The van der Waals surface area contributed by atoms with Crippen LogP contribution in [0.25, 0.3) is 0 Å². The van der Waals surface area contributed by atoms with Gasteiger partial charge in [0.1, 0.15) is 11.9 Å². The third kappa shape index (κ3) is 6.40. The van der Waals surface area contributed by atoms with E-state index in [9.17, 15) is 24.5 Å². The van der Waals surface area contributed by atoms with Crippen LogP contribution in [0.1, 0.15) is 61.7 Å². The van der Waals surface area contributed by atoms with Crippen molar-refractivity contribution in [2.24, 2.45) is 5.41 Å². The molecule has 6 rings (SSSR count). The number of benzene rings is 2. The van der Waals surface area contributed by atoms with E-state index in [0.717, 1.165) is 63.5 Å². The molecule has 0 bridgehead atoms. The smallest absolute Gasteiger partial charge is 0.269 e. The maximum absolute atomic E-state index is 15.0. The maximum atomic E-state index is 15.0. The van der Waals surface area contributed by atoms with Crippen molar-refractivity contribution in [3.05, 3.63) is 64.0 Å². The van der Waals surface area contributed by atoms with Gasteiger partial charge in [0, 0.05) is 75.2 Å². The second-order valence-corrected chi connectivity index (χ2v) is 12.7. The van der Waals surface area contributed by atoms with Gasteiger partial charge in [-0.1, -0.05) is 0 Å². The Hall–Kier alpha value is -4.06. The molecule has 1 atom stereocenters. The van der Waals surface area contributed by atoms with E-state index in [0.29, 0.717) is 11.5 Å². The normalized spacial score (nSPS) is 23.0. The van der Waals surface area contributed by atoms with Crippen LogP contribution in [-0.2, 0) is 9.59 Å². The summed E-state index contributed by atoms with van der Waals surface area (Å²) in [5, 5.41) is 15.7. The van der Waals surface area contributed by atoms with Crippen molar-refractivity contribution in [3.63, 3.8) is 0 Å². The first-order valence-corrected chi connectivity index (χ1v) is 15.6. The standard InChI is InChI=1S/C32H39FN6O5/c33-27-21-25(5-6-26(27)30(41)34-28-7-8-29(40)35-31(28)42)36-15-13-32(14-16-36)11-9-23(10-12-32)38-19-17-37(18-20-38)22-1-3-24(4-2-22)39(43)44/h1-6,21,23,28H,7-20H2,(H,34,41)(H,35,40,42). The van der Waals surface area contributed by atoms with Gasteiger partial charge < -0.3 is 15.1 Å². The number of anilines is 2. The number of carbonyl (C=O) groups excluding carboxylic acids is 3. The SMILES string of the molecule is O=C1CCC(NC(=O)c2ccc(N3CCC4(CCC(N5CCN(c6ccc([N+](=O)[O-])cc6)CC5)CC4)CC3)cc2F)C(=O)N1. The highest BCUT2D eigenvalue weighted by Crippen LogP contribution is 2.46. The zero-order chi connectivity index (χ0) is 30.8. The fourth-order valence-corrected chi connectivity index (χ4v) is 7.40. The summed E-state index contributed by atoms with van der Waals surface area (Å²) < 4.78 is 15.0. The molecule has 4 aliphatic rings. The van der Waals surface area contributed by atoms with Crippen molar-refractivity contribution in [3.8, 4) is 0 Å². The molecule has 3 amide bonds. The molecule has 1 saturated carbocycles. The first-order valence-electron chi connectivity index (χ1n) is 15.6. The zero-order valence-corrected chi connectivity index (χ0v) is 24.8. The van der Waals surface area contributed by atoms with Gasteiger partial charge in [-0.15, -0.1) is 0 Å². The van der Waals surface area contributed by atoms with E-state index >= 15 is 4.39 Å². The Morgan fingerprint density at radius 1 is 0.886 bits per heavy atom. The summed E-state index contributed by atoms with van der Waals surface area (Å²) in [6.07, 6.45) is 7.22. The van der Waals surface area contributed by atoms with Gasteiger partial charge in [0.2, 0.25) is 11.8 Å². The Morgan fingerprint density at radius 3 is 2.14 bits per heavy atom. The number of nitro benzene ring substituents is 1. The van der Waals surface area contributed by atoms with Crippen LogP contribution in [0.5, 0.6) is 0 Å². The predicted molar refractivity (Wildman–Crippen MR) is 163 cm³/mol. The number of piperidine rings is 2. The van der Waals surface area contributed by atoms with Crippen LogP contribution in [0.2, 0.25) is 0 Å². The highest BCUT2D eigenvalue weighted by atomic mass is 19.1. The van der Waals surface area contributed by atoms with Crippen molar-refractivity contribution in [2.75, 3.05) is 49.1 Å². The van der Waals surface area contributed by atoms with Gasteiger partial charge in [0.05, 0.1) is 10.5 Å². The summed E-state index contributed by atoms with van der Waals surface area (Å²) in [5.74, 6) is -2.22. The largest absolute Gasteiger partial charge is 0.371 e. The summed E-state index contributed by atoms with van der Waals surface area (Å²) in [7, 11) is 0. The molecule has 4 fully saturated rings. The van der Waals surface area contributed by atoms with E-state index in [4.69, 9.17) is 0 Å². The van der Waals surface area contributed by atoms with Gasteiger partial charge in [-0.05, 0) is 80.7 Å². The van der Waals surface area contributed by atoms with Gasteiger partial charge in [-0.3, -0.25) is 34.7 Å². The van der Waals surface area contributed by atoms with Crippen LogP contribution in [0.15, 0.2) is 42.5 Å². The third-order valence-corrected chi connectivity index (χ3v) is 10.2. The van der Waals surface area contributed by atoms with Crippen LogP contribution in [-0.4, -0.2) is 78.9 Å². The highest BCUT2D eigenvalue weighted by molar-refractivity contribution is 6.03. The van der Waals surface area contributed by atoms with E-state index in [2.05, 4.69) is 25.3 Å². The number of piperazine rings is 1. The summed E-state index contributed by atoms with van der Waals surface area (Å²) >= 11 is 0. The first kappa shape index (κ1) is 30.0. The maximum Gasteiger partial charge on any atom is 0.269 e. The van der Waals surface area contributed by atoms with Crippen LogP contribution in [0.4, 0.5) is 21.5 Å². The molecule has 1 unspecified atom stereocenters. The number of hydrogen-bond acceptors (Lipinski definition) is 8. The van der Waals surface area contributed by atoms with Crippen molar-refractivity contribution >= 4 is 34.8 Å². The summed E-state index contributed by atoms with van der Waals surface area (Å²) in [6.45, 7) is 5.52. The van der Waals surface area contributed by atoms with E-state index in [1.54, 1.807) is 18.2 Å². The number of non-ortho nitro benzene ring substituents is 1. The van der Waals surface area contributed by atoms with Crippen molar-refractivity contribution in [1.29, 1.82) is 0 Å². The minimum atomic E-state index is -0.848. The Balaban J connectivity index is 0.962. The Morgan fingerprint density at radius 2 is 1.52 bits per heavy atom. The molecule has 2 N–H and O–H groups in total. The number of carbonyl (C=O) groups is 3. The predicted octanol–water partition coefficient (Wildman–Crippen LogP) is 3.62. The lowest BCUT2D eigenvalue weighted by Crippen LogP contribution is -2.52. The van der Waals surface area contributed by atoms with Crippen molar-refractivity contribution in [2.45, 2.75) is 63.5 Å². The molecule has 1 spiro atoms. The van der Waals surface area contributed by atoms with E-state index in [1.807, 2.05) is 12.1 Å². The number of halogens is 1. The lowest BCUT2D eigenvalue weighted by atomic mass is 9.66. The third-order valence-electron chi connectivity index (χ3n) is 10.2. The second-order valence-electron chi connectivity index (χ2n) is 12.7. The second kappa shape index (κ2) is 12.5. The summed E-state index contributed by atoms with van der Waals surface area (Å²) in [6, 6.07) is 11.2. The molecule has 234 valence electrons. The molecule has 3 saturated heterocycles. The molecule has 3 heterocycles. The van der Waals surface area contributed by atoms with Gasteiger partial charge in [-0.25, -0.2) is 4.39 Å². The zero-order valence-electron chi connectivity index (χ0n) is 24.8. The molecule has 2 aromatic carbocycles. The molecule has 0 aromatic heterocycles. The van der Waals surface area contributed by atoms with Crippen molar-refractivity contribution in [1.82, 2.24) is 15.5 Å². The van der Waals surface area contributed by atoms with E-state index in [-0.39, 0.29) is 34.9 Å². The highest BCUT2D eigenvalue weighted by Gasteiger charge is 2.40. The minimum Gasteiger partial charge on any atom is -0.371 e. The van der Waals surface area contributed by atoms with Crippen LogP contribution < -0.4 is 20.4 Å². The monoisotopic (exact) mass is 606 g/mol. The van der Waals surface area contributed by atoms with E-state index in [1.165, 1.54) is 37.8 Å². The summed E-state index contributed by atoms with van der Waals surface area (Å²) in [5.41, 5.74) is 2.13. The fraction of sp³-hybridized carbons (Fsp3) is 0.531. The van der Waals surface area contributed by atoms with Crippen LogP contribution >= 0.6 is 0 Å². The quantitative estimate of drug-likeness (QED) is 0.290. The lowest BCUT2D eigenvalue weighted by Gasteiger charge is -2.49.